The van der Waals surface area contributed by atoms with Gasteiger partial charge in [0.05, 0.1) is 12.7 Å². The number of β-amino-alcohol motifs (C(OH)–C–C–N with tert-alkyl or cyclic N) is 1. The van der Waals surface area contributed by atoms with Crippen LogP contribution >= 0.6 is 0 Å². The lowest BCUT2D eigenvalue weighted by molar-refractivity contribution is -0.142. The molecular formula is C9H17NO3. The van der Waals surface area contributed by atoms with E-state index in [1.165, 1.54) is 7.11 Å². The van der Waals surface area contributed by atoms with Crippen LogP contribution in [0, 0.1) is 0 Å². The quantitative estimate of drug-likeness (QED) is 0.632. The van der Waals surface area contributed by atoms with Crippen molar-refractivity contribution in [1.82, 2.24) is 4.90 Å². The Morgan fingerprint density at radius 3 is 2.85 bits per heavy atom. The van der Waals surface area contributed by atoms with Gasteiger partial charge in [-0.25, -0.2) is 0 Å². The molecule has 0 saturated carbocycles. The van der Waals surface area contributed by atoms with Crippen LogP contribution < -0.4 is 0 Å². The Morgan fingerprint density at radius 2 is 2.38 bits per heavy atom. The first-order valence-corrected chi connectivity index (χ1v) is 4.53. The van der Waals surface area contributed by atoms with Gasteiger partial charge in [-0.15, -0.1) is 0 Å². The number of hydrogen-bond donors (Lipinski definition) is 1. The second-order valence-corrected chi connectivity index (χ2v) is 3.79. The summed E-state index contributed by atoms with van der Waals surface area (Å²) >= 11 is 0. The number of esters is 1. The van der Waals surface area contributed by atoms with Crippen molar-refractivity contribution >= 4 is 5.97 Å². The topological polar surface area (TPSA) is 49.8 Å². The van der Waals surface area contributed by atoms with Gasteiger partial charge in [-0.2, -0.15) is 0 Å². The van der Waals surface area contributed by atoms with Crippen LogP contribution in [0.5, 0.6) is 0 Å². The van der Waals surface area contributed by atoms with Crippen molar-refractivity contribution in [1.29, 1.82) is 0 Å². The summed E-state index contributed by atoms with van der Waals surface area (Å²) < 4.78 is 4.52. The molecule has 0 aliphatic carbocycles. The molecule has 4 nitrogen and oxygen atoms in total. The van der Waals surface area contributed by atoms with Gasteiger partial charge in [-0.05, 0) is 19.9 Å². The van der Waals surface area contributed by atoms with Gasteiger partial charge in [0.1, 0.15) is 0 Å². The molecule has 0 spiro atoms. The average Bonchev–Trinajstić information content (AvgIpc) is 2.43. The van der Waals surface area contributed by atoms with Crippen molar-refractivity contribution in [3.05, 3.63) is 0 Å². The molecule has 1 unspecified atom stereocenters. The predicted octanol–water partition coefficient (Wildman–Crippen LogP) is 0.00620. The predicted molar refractivity (Wildman–Crippen MR) is 48.3 cm³/mol. The number of carbonyl (C=O) groups is 1. The maximum Gasteiger partial charge on any atom is 0.305 e. The summed E-state index contributed by atoms with van der Waals surface area (Å²) in [6, 6.07) is 0. The zero-order valence-corrected chi connectivity index (χ0v) is 8.25. The first kappa shape index (κ1) is 10.5. The van der Waals surface area contributed by atoms with Crippen molar-refractivity contribution in [2.45, 2.75) is 24.9 Å². The van der Waals surface area contributed by atoms with E-state index in [1.807, 2.05) is 7.05 Å². The van der Waals surface area contributed by atoms with E-state index in [-0.39, 0.29) is 5.97 Å². The molecular weight excluding hydrogens is 170 g/mol. The maximum absolute atomic E-state index is 10.8. The van der Waals surface area contributed by atoms with Crippen molar-refractivity contribution in [2.24, 2.45) is 0 Å². The fraction of sp³-hybridized carbons (Fsp3) is 0.889. The maximum atomic E-state index is 10.8. The lowest BCUT2D eigenvalue weighted by Crippen LogP contribution is -2.32. The van der Waals surface area contributed by atoms with Crippen molar-refractivity contribution in [2.75, 3.05) is 27.2 Å². The second kappa shape index (κ2) is 4.07. The van der Waals surface area contributed by atoms with Crippen molar-refractivity contribution in [3.8, 4) is 0 Å². The minimum absolute atomic E-state index is 0.247. The Bertz CT molecular complexity index is 195. The van der Waals surface area contributed by atoms with E-state index in [0.717, 1.165) is 13.0 Å². The molecule has 1 atom stereocenters. The number of likely N-dealkylation sites (N-methyl/N-ethyl adjacent to an activating group) is 1. The van der Waals surface area contributed by atoms with Crippen LogP contribution in [0.1, 0.15) is 19.3 Å². The van der Waals surface area contributed by atoms with Gasteiger partial charge in [0.15, 0.2) is 0 Å². The zero-order chi connectivity index (χ0) is 9.90. The highest BCUT2D eigenvalue weighted by Crippen LogP contribution is 2.24. The molecule has 0 radical (unpaired) electrons. The van der Waals surface area contributed by atoms with Crippen LogP contribution in [0.25, 0.3) is 0 Å². The summed E-state index contributed by atoms with van der Waals surface area (Å²) in [5, 5.41) is 9.96. The monoisotopic (exact) mass is 187 g/mol. The lowest BCUT2D eigenvalue weighted by atomic mass is 9.97. The summed E-state index contributed by atoms with van der Waals surface area (Å²) in [6.07, 6.45) is 1.56. The minimum Gasteiger partial charge on any atom is -0.469 e. The molecule has 1 saturated heterocycles. The molecule has 13 heavy (non-hydrogen) atoms. The van der Waals surface area contributed by atoms with Gasteiger partial charge in [-0.1, -0.05) is 0 Å². The van der Waals surface area contributed by atoms with E-state index >= 15 is 0 Å². The molecule has 0 amide bonds. The number of hydrogen-bond acceptors (Lipinski definition) is 4. The molecule has 1 fully saturated rings. The molecule has 1 rings (SSSR count). The van der Waals surface area contributed by atoms with Gasteiger partial charge in [-0.3, -0.25) is 4.79 Å². The summed E-state index contributed by atoms with van der Waals surface area (Å²) in [6.45, 7) is 1.56. The Labute approximate surface area is 78.5 Å². The molecule has 4 heteroatoms. The molecule has 0 bridgehead atoms. The Balaban J connectivity index is 2.31. The van der Waals surface area contributed by atoms with Gasteiger partial charge in [0.25, 0.3) is 0 Å². The van der Waals surface area contributed by atoms with E-state index in [9.17, 15) is 9.90 Å². The highest BCUT2D eigenvalue weighted by atomic mass is 16.5. The molecule has 0 aromatic carbocycles. The van der Waals surface area contributed by atoms with E-state index in [0.29, 0.717) is 19.4 Å². The van der Waals surface area contributed by atoms with E-state index < -0.39 is 5.60 Å². The van der Waals surface area contributed by atoms with Crippen LogP contribution in [0.15, 0.2) is 0 Å². The van der Waals surface area contributed by atoms with Crippen molar-refractivity contribution < 1.29 is 14.6 Å². The molecule has 1 heterocycles. The average molecular weight is 187 g/mol. The van der Waals surface area contributed by atoms with E-state index in [4.69, 9.17) is 0 Å². The van der Waals surface area contributed by atoms with Crippen LogP contribution in [0.4, 0.5) is 0 Å². The highest BCUT2D eigenvalue weighted by Gasteiger charge is 2.34. The SMILES string of the molecule is COC(=O)CCC1(O)CCN(C)C1. The van der Waals surface area contributed by atoms with Gasteiger partial charge in [0, 0.05) is 19.5 Å². The first-order chi connectivity index (χ1) is 6.06. The van der Waals surface area contributed by atoms with E-state index in [2.05, 4.69) is 9.64 Å². The number of nitrogens with zero attached hydrogens (tertiary/aromatic N) is 1. The smallest absolute Gasteiger partial charge is 0.305 e. The van der Waals surface area contributed by atoms with Crippen LogP contribution in [-0.4, -0.2) is 48.8 Å². The summed E-state index contributed by atoms with van der Waals surface area (Å²) in [5.74, 6) is -0.247. The van der Waals surface area contributed by atoms with Gasteiger partial charge in [0.2, 0.25) is 0 Å². The third-order valence-electron chi connectivity index (χ3n) is 2.55. The number of methoxy groups -OCH3 is 1. The van der Waals surface area contributed by atoms with Crippen LogP contribution in [0.2, 0.25) is 0 Å². The van der Waals surface area contributed by atoms with Gasteiger partial charge >= 0.3 is 5.97 Å². The molecule has 0 aromatic rings. The first-order valence-electron chi connectivity index (χ1n) is 4.53. The fourth-order valence-corrected chi connectivity index (χ4v) is 1.70. The summed E-state index contributed by atoms with van der Waals surface area (Å²) in [7, 11) is 3.34. The lowest BCUT2D eigenvalue weighted by Gasteiger charge is -2.21. The zero-order valence-electron chi connectivity index (χ0n) is 8.25. The minimum atomic E-state index is -0.678. The van der Waals surface area contributed by atoms with Crippen LogP contribution in [0.3, 0.4) is 0 Å². The summed E-state index contributed by atoms with van der Waals surface area (Å²) in [4.78, 5) is 12.9. The highest BCUT2D eigenvalue weighted by molar-refractivity contribution is 5.69. The molecule has 76 valence electrons. The number of rotatable bonds is 3. The molecule has 1 aliphatic rings. The third-order valence-corrected chi connectivity index (χ3v) is 2.55. The van der Waals surface area contributed by atoms with Crippen molar-refractivity contribution in [3.63, 3.8) is 0 Å². The molecule has 0 aromatic heterocycles. The fourth-order valence-electron chi connectivity index (χ4n) is 1.70. The normalized spacial score (nSPS) is 29.2. The molecule has 1 aliphatic heterocycles. The standard InChI is InChI=1S/C9H17NO3/c1-10-6-5-9(12,7-10)4-3-8(11)13-2/h12H,3-7H2,1-2H3. The third kappa shape index (κ3) is 2.97. The largest absolute Gasteiger partial charge is 0.469 e. The Morgan fingerprint density at radius 1 is 1.69 bits per heavy atom. The van der Waals surface area contributed by atoms with Gasteiger partial charge < -0.3 is 14.7 Å². The number of aliphatic hydroxyl groups is 1. The summed E-state index contributed by atoms with van der Waals surface area (Å²) in [5.41, 5.74) is -0.678. The number of ether oxygens (including phenoxy) is 1. The number of likely N-dealkylation sites (tertiary alicyclic amines) is 1. The Hall–Kier alpha value is -0.610. The number of carbonyl (C=O) groups excluding carboxylic acids is 1. The second-order valence-electron chi connectivity index (χ2n) is 3.79. The Kier molecular flexibility index (Phi) is 3.27. The molecule has 1 N–H and O–H groups in total. The van der Waals surface area contributed by atoms with Crippen LogP contribution in [-0.2, 0) is 9.53 Å². The van der Waals surface area contributed by atoms with E-state index in [1.54, 1.807) is 0 Å².